The lowest BCUT2D eigenvalue weighted by molar-refractivity contribution is 0.0834. The Hall–Kier alpha value is -0.470. The quantitative estimate of drug-likeness (QED) is 0.680. The van der Waals surface area contributed by atoms with Gasteiger partial charge in [-0.15, -0.1) is 11.3 Å². The maximum atomic E-state index is 12.4. The predicted molar refractivity (Wildman–Crippen MR) is 87.3 cm³/mol. The van der Waals surface area contributed by atoms with Gasteiger partial charge < -0.3 is 10.1 Å². The summed E-state index contributed by atoms with van der Waals surface area (Å²) in [6.45, 7) is 11.0. The summed E-state index contributed by atoms with van der Waals surface area (Å²) in [7, 11) is -3.48. The van der Waals surface area contributed by atoms with E-state index in [9.17, 15) is 8.42 Å². The Bertz CT molecular complexity index is 536. The van der Waals surface area contributed by atoms with Crippen molar-refractivity contribution < 1.29 is 13.2 Å². The molecule has 1 aromatic heterocycles. The second-order valence-electron chi connectivity index (χ2n) is 5.52. The molecule has 0 bridgehead atoms. The molecule has 21 heavy (non-hydrogen) atoms. The van der Waals surface area contributed by atoms with Crippen LogP contribution in [0.2, 0.25) is 0 Å². The minimum Gasteiger partial charge on any atom is -0.377 e. The molecule has 0 aliphatic heterocycles. The largest absolute Gasteiger partial charge is 0.377 e. The number of hydrogen-bond acceptors (Lipinski definition) is 5. The van der Waals surface area contributed by atoms with Crippen LogP contribution in [0.25, 0.3) is 0 Å². The summed E-state index contributed by atoms with van der Waals surface area (Å²) in [5.74, 6) is 0. The maximum absolute atomic E-state index is 12.4. The van der Waals surface area contributed by atoms with Crippen LogP contribution in [-0.2, 0) is 21.3 Å². The van der Waals surface area contributed by atoms with Gasteiger partial charge in [0.2, 0.25) is 10.0 Å². The van der Waals surface area contributed by atoms with Crippen LogP contribution >= 0.6 is 11.3 Å². The van der Waals surface area contributed by atoms with E-state index >= 15 is 0 Å². The zero-order valence-electron chi connectivity index (χ0n) is 13.4. The maximum Gasteiger partial charge on any atom is 0.242 e. The van der Waals surface area contributed by atoms with Crippen molar-refractivity contribution in [1.82, 2.24) is 10.0 Å². The van der Waals surface area contributed by atoms with Gasteiger partial charge >= 0.3 is 0 Å². The summed E-state index contributed by atoms with van der Waals surface area (Å²) in [5, 5.41) is 5.15. The van der Waals surface area contributed by atoms with Crippen LogP contribution in [0.15, 0.2) is 10.3 Å². The van der Waals surface area contributed by atoms with Gasteiger partial charge in [0.15, 0.2) is 0 Å². The van der Waals surface area contributed by atoms with Crippen LogP contribution in [0.1, 0.15) is 38.1 Å². The average molecular weight is 335 g/mol. The third-order valence-corrected chi connectivity index (χ3v) is 5.70. The minimum absolute atomic E-state index is 0.100. The number of hydrogen-bond donors (Lipinski definition) is 2. The van der Waals surface area contributed by atoms with Crippen LogP contribution in [-0.4, -0.2) is 33.7 Å². The van der Waals surface area contributed by atoms with Crippen LogP contribution < -0.4 is 10.0 Å². The van der Waals surface area contributed by atoms with Gasteiger partial charge in [0.25, 0.3) is 0 Å². The molecule has 1 aromatic rings. The summed E-state index contributed by atoms with van der Waals surface area (Å²) in [5.41, 5.74) is 0.790. The molecule has 0 saturated carbocycles. The lowest BCUT2D eigenvalue weighted by Gasteiger charge is -2.12. The summed E-state index contributed by atoms with van der Waals surface area (Å²) < 4.78 is 32.8. The first kappa shape index (κ1) is 18.6. The number of thiophene rings is 1. The Morgan fingerprint density at radius 2 is 1.95 bits per heavy atom. The SMILES string of the molecule is Cc1csc(CNC(C)C)c1S(=O)(=O)NCCOC(C)C. The molecule has 1 rings (SSSR count). The number of nitrogens with one attached hydrogen (secondary N) is 2. The Balaban J connectivity index is 2.75. The Labute approximate surface area is 132 Å². The van der Waals surface area contributed by atoms with Gasteiger partial charge in [0.1, 0.15) is 4.90 Å². The zero-order chi connectivity index (χ0) is 16.0. The number of sulfonamides is 1. The summed E-state index contributed by atoms with van der Waals surface area (Å²) in [4.78, 5) is 1.25. The molecule has 0 atom stereocenters. The molecule has 0 amide bonds. The molecule has 0 aliphatic rings. The van der Waals surface area contributed by atoms with Crippen LogP contribution in [0, 0.1) is 6.92 Å². The third kappa shape index (κ3) is 6.04. The highest BCUT2D eigenvalue weighted by molar-refractivity contribution is 7.89. The van der Waals surface area contributed by atoms with Gasteiger partial charge in [0, 0.05) is 24.0 Å². The van der Waals surface area contributed by atoms with Crippen LogP contribution in [0.4, 0.5) is 0 Å². The van der Waals surface area contributed by atoms with E-state index in [4.69, 9.17) is 4.74 Å². The third-order valence-electron chi connectivity index (χ3n) is 2.77. The van der Waals surface area contributed by atoms with Gasteiger partial charge in [-0.1, -0.05) is 13.8 Å². The number of rotatable bonds is 9. The topological polar surface area (TPSA) is 67.4 Å². The van der Waals surface area contributed by atoms with Gasteiger partial charge in [-0.05, 0) is 31.7 Å². The van der Waals surface area contributed by atoms with Crippen molar-refractivity contribution in [2.75, 3.05) is 13.2 Å². The average Bonchev–Trinajstić information content (AvgIpc) is 2.74. The van der Waals surface area contributed by atoms with Crippen molar-refractivity contribution in [2.45, 2.75) is 58.2 Å². The number of ether oxygens (including phenoxy) is 1. The zero-order valence-corrected chi connectivity index (χ0v) is 15.0. The lowest BCUT2D eigenvalue weighted by atomic mass is 10.3. The fourth-order valence-corrected chi connectivity index (χ4v) is 4.58. The molecule has 2 N–H and O–H groups in total. The van der Waals surface area contributed by atoms with E-state index in [0.29, 0.717) is 24.1 Å². The molecule has 0 aromatic carbocycles. The Kier molecular flexibility index (Phi) is 7.29. The van der Waals surface area contributed by atoms with Crippen molar-refractivity contribution in [3.05, 3.63) is 15.8 Å². The highest BCUT2D eigenvalue weighted by Crippen LogP contribution is 2.26. The first-order valence-corrected chi connectivity index (χ1v) is 9.52. The molecule has 0 saturated heterocycles. The highest BCUT2D eigenvalue weighted by atomic mass is 32.2. The summed E-state index contributed by atoms with van der Waals surface area (Å²) in [6.07, 6.45) is 0.100. The Morgan fingerprint density at radius 1 is 1.29 bits per heavy atom. The fourth-order valence-electron chi connectivity index (χ4n) is 1.81. The van der Waals surface area contributed by atoms with E-state index in [2.05, 4.69) is 10.0 Å². The molecule has 0 radical (unpaired) electrons. The summed E-state index contributed by atoms with van der Waals surface area (Å²) >= 11 is 1.48. The van der Waals surface area contributed by atoms with Gasteiger partial charge in [0.05, 0.1) is 12.7 Å². The van der Waals surface area contributed by atoms with Gasteiger partial charge in [-0.25, -0.2) is 13.1 Å². The van der Waals surface area contributed by atoms with Gasteiger partial charge in [-0.3, -0.25) is 0 Å². The molecular weight excluding hydrogens is 308 g/mol. The molecule has 7 heteroatoms. The van der Waals surface area contributed by atoms with E-state index in [1.165, 1.54) is 11.3 Å². The van der Waals surface area contributed by atoms with E-state index in [0.717, 1.165) is 10.4 Å². The monoisotopic (exact) mass is 334 g/mol. The van der Waals surface area contributed by atoms with Crippen molar-refractivity contribution in [3.8, 4) is 0 Å². The molecule has 5 nitrogen and oxygen atoms in total. The van der Waals surface area contributed by atoms with Crippen molar-refractivity contribution >= 4 is 21.4 Å². The van der Waals surface area contributed by atoms with Crippen molar-refractivity contribution in [1.29, 1.82) is 0 Å². The molecule has 0 fully saturated rings. The molecule has 0 spiro atoms. The first-order chi connectivity index (χ1) is 9.74. The minimum atomic E-state index is -3.48. The molecule has 1 heterocycles. The summed E-state index contributed by atoms with van der Waals surface area (Å²) in [6, 6.07) is 0.315. The fraction of sp³-hybridized carbons (Fsp3) is 0.714. The normalized spacial score (nSPS) is 12.5. The highest BCUT2D eigenvalue weighted by Gasteiger charge is 2.22. The van der Waals surface area contributed by atoms with E-state index in [1.54, 1.807) is 0 Å². The second-order valence-corrected chi connectivity index (χ2v) is 8.19. The van der Waals surface area contributed by atoms with Crippen LogP contribution in [0.5, 0.6) is 0 Å². The smallest absolute Gasteiger partial charge is 0.242 e. The molecular formula is C14H26N2O3S2. The molecule has 122 valence electrons. The van der Waals surface area contributed by atoms with Crippen molar-refractivity contribution in [2.24, 2.45) is 0 Å². The molecule has 0 unspecified atom stereocenters. The standard InChI is InChI=1S/C14H26N2O3S2/c1-10(2)15-8-13-14(12(5)9-20-13)21(17,18)16-6-7-19-11(3)4/h9-11,15-16H,6-8H2,1-5H3. The Morgan fingerprint density at radius 3 is 2.52 bits per heavy atom. The number of aryl methyl sites for hydroxylation is 1. The van der Waals surface area contributed by atoms with E-state index in [-0.39, 0.29) is 12.6 Å². The lowest BCUT2D eigenvalue weighted by Crippen LogP contribution is -2.30. The van der Waals surface area contributed by atoms with Crippen molar-refractivity contribution in [3.63, 3.8) is 0 Å². The first-order valence-electron chi connectivity index (χ1n) is 7.15. The second kappa shape index (κ2) is 8.24. The molecule has 0 aliphatic carbocycles. The predicted octanol–water partition coefficient (Wildman–Crippen LogP) is 2.26. The van der Waals surface area contributed by atoms with E-state index in [1.807, 2.05) is 40.0 Å². The van der Waals surface area contributed by atoms with Crippen LogP contribution in [0.3, 0.4) is 0 Å². The van der Waals surface area contributed by atoms with Gasteiger partial charge in [-0.2, -0.15) is 0 Å². The van der Waals surface area contributed by atoms with E-state index < -0.39 is 10.0 Å².